The van der Waals surface area contributed by atoms with Crippen LogP contribution in [0.5, 0.6) is 0 Å². The van der Waals surface area contributed by atoms with Crippen molar-refractivity contribution < 1.29 is 14.0 Å². The highest BCUT2D eigenvalue weighted by Crippen LogP contribution is 2.55. The fourth-order valence-corrected chi connectivity index (χ4v) is 5.24. The summed E-state index contributed by atoms with van der Waals surface area (Å²) in [6, 6.07) is 13.4. The zero-order valence-corrected chi connectivity index (χ0v) is 17.8. The Morgan fingerprint density at radius 2 is 1.87 bits per heavy atom. The second-order valence-electron chi connectivity index (χ2n) is 8.96. The number of benzene rings is 2. The van der Waals surface area contributed by atoms with E-state index in [1.807, 2.05) is 30.3 Å². The van der Waals surface area contributed by atoms with Gasteiger partial charge in [-0.2, -0.15) is 0 Å². The third-order valence-electron chi connectivity index (χ3n) is 6.38. The summed E-state index contributed by atoms with van der Waals surface area (Å²) < 4.78 is 14.0. The Kier molecular flexibility index (Phi) is 5.14. The molecule has 2 aromatic rings. The number of amides is 2. The molecular weight excluding hydrogens is 381 g/mol. The minimum atomic E-state index is -0.995. The van der Waals surface area contributed by atoms with Crippen LogP contribution in [0.15, 0.2) is 48.5 Å². The molecule has 158 valence electrons. The molecule has 2 aliphatic rings. The predicted molar refractivity (Wildman–Crippen MR) is 115 cm³/mol. The predicted octanol–water partition coefficient (Wildman–Crippen LogP) is 3.27. The van der Waals surface area contributed by atoms with Crippen LogP contribution >= 0.6 is 0 Å². The van der Waals surface area contributed by atoms with Crippen LogP contribution in [0.1, 0.15) is 37.3 Å². The topological polar surface area (TPSA) is 61.4 Å². The van der Waals surface area contributed by atoms with E-state index in [4.69, 9.17) is 0 Å². The van der Waals surface area contributed by atoms with Gasteiger partial charge in [-0.05, 0) is 35.6 Å². The van der Waals surface area contributed by atoms with Crippen LogP contribution in [0, 0.1) is 11.7 Å². The zero-order chi connectivity index (χ0) is 21.6. The summed E-state index contributed by atoms with van der Waals surface area (Å²) >= 11 is 0. The average Bonchev–Trinajstić information content (AvgIpc) is 3.17. The second kappa shape index (κ2) is 7.51. The Bertz CT molecular complexity index is 976. The SMILES string of the molecule is CC(C)C[C@H]1N[C@@H](C(=O)N(C)C)[C@H](c2ccccc2)[C@@]12C(=O)Nc1cc(F)ccc12. The number of halogens is 1. The lowest BCUT2D eigenvalue weighted by Crippen LogP contribution is -2.48. The number of likely N-dealkylation sites (N-methyl/N-ethyl adjacent to an activating group) is 1. The van der Waals surface area contributed by atoms with Crippen molar-refractivity contribution in [3.8, 4) is 0 Å². The summed E-state index contributed by atoms with van der Waals surface area (Å²) in [4.78, 5) is 28.5. The molecule has 2 aromatic carbocycles. The second-order valence-corrected chi connectivity index (χ2v) is 8.96. The zero-order valence-electron chi connectivity index (χ0n) is 17.8. The van der Waals surface area contributed by atoms with E-state index in [2.05, 4.69) is 24.5 Å². The van der Waals surface area contributed by atoms with Gasteiger partial charge in [0.2, 0.25) is 11.8 Å². The molecule has 0 unspecified atom stereocenters. The molecule has 0 saturated carbocycles. The van der Waals surface area contributed by atoms with E-state index in [1.54, 1.807) is 25.1 Å². The monoisotopic (exact) mass is 409 g/mol. The number of hydrogen-bond donors (Lipinski definition) is 2. The van der Waals surface area contributed by atoms with E-state index in [9.17, 15) is 14.0 Å². The number of anilines is 1. The van der Waals surface area contributed by atoms with Crippen molar-refractivity contribution in [2.75, 3.05) is 19.4 Å². The van der Waals surface area contributed by atoms with Crippen LogP contribution in [0.25, 0.3) is 0 Å². The quantitative estimate of drug-likeness (QED) is 0.815. The standard InChI is InChI=1S/C24H28FN3O2/c1-14(2)12-19-24(17-11-10-16(25)13-18(17)26-23(24)30)20(15-8-6-5-7-9-15)21(27-19)22(29)28(3)4/h5-11,13-14,19-21,27H,12H2,1-4H3,(H,26,30)/t19-,20+,21-,24+/m1/s1. The van der Waals surface area contributed by atoms with Crippen LogP contribution in [0.4, 0.5) is 10.1 Å². The molecular formula is C24H28FN3O2. The highest BCUT2D eigenvalue weighted by molar-refractivity contribution is 6.09. The van der Waals surface area contributed by atoms with E-state index < -0.39 is 23.2 Å². The van der Waals surface area contributed by atoms with Gasteiger partial charge >= 0.3 is 0 Å². The molecule has 0 bridgehead atoms. The number of carbonyl (C=O) groups excluding carboxylic acids is 2. The van der Waals surface area contributed by atoms with E-state index in [1.165, 1.54) is 12.1 Å². The summed E-state index contributed by atoms with van der Waals surface area (Å²) in [6.45, 7) is 4.21. The van der Waals surface area contributed by atoms with Crippen molar-refractivity contribution >= 4 is 17.5 Å². The van der Waals surface area contributed by atoms with Crippen LogP contribution in [-0.2, 0) is 15.0 Å². The number of rotatable bonds is 4. The lowest BCUT2D eigenvalue weighted by molar-refractivity contribution is -0.131. The number of hydrogen-bond acceptors (Lipinski definition) is 3. The highest BCUT2D eigenvalue weighted by Gasteiger charge is 2.65. The molecule has 2 heterocycles. The Balaban J connectivity index is 1.98. The van der Waals surface area contributed by atoms with E-state index in [0.717, 1.165) is 11.1 Å². The lowest BCUT2D eigenvalue weighted by atomic mass is 9.63. The molecule has 5 nitrogen and oxygen atoms in total. The van der Waals surface area contributed by atoms with Crippen molar-refractivity contribution in [3.05, 3.63) is 65.5 Å². The maximum Gasteiger partial charge on any atom is 0.239 e. The van der Waals surface area contributed by atoms with Crippen molar-refractivity contribution in [2.45, 2.75) is 43.7 Å². The van der Waals surface area contributed by atoms with Gasteiger partial charge in [-0.3, -0.25) is 9.59 Å². The minimum absolute atomic E-state index is 0.0714. The van der Waals surface area contributed by atoms with Gasteiger partial charge in [0, 0.05) is 31.7 Å². The number of nitrogens with one attached hydrogen (secondary N) is 2. The molecule has 2 aliphatic heterocycles. The largest absolute Gasteiger partial charge is 0.347 e. The number of carbonyl (C=O) groups is 2. The first-order valence-corrected chi connectivity index (χ1v) is 10.4. The fraction of sp³-hybridized carbons (Fsp3) is 0.417. The number of nitrogens with zero attached hydrogens (tertiary/aromatic N) is 1. The summed E-state index contributed by atoms with van der Waals surface area (Å²) in [6.07, 6.45) is 0.713. The molecule has 2 amide bonds. The smallest absolute Gasteiger partial charge is 0.239 e. The van der Waals surface area contributed by atoms with Crippen molar-refractivity contribution in [1.82, 2.24) is 10.2 Å². The van der Waals surface area contributed by atoms with Gasteiger partial charge in [-0.25, -0.2) is 4.39 Å². The molecule has 1 fully saturated rings. The third-order valence-corrected chi connectivity index (χ3v) is 6.38. The van der Waals surface area contributed by atoms with Gasteiger partial charge in [0.25, 0.3) is 0 Å². The molecule has 30 heavy (non-hydrogen) atoms. The van der Waals surface area contributed by atoms with Crippen molar-refractivity contribution in [3.63, 3.8) is 0 Å². The summed E-state index contributed by atoms with van der Waals surface area (Å²) in [7, 11) is 3.46. The first-order valence-electron chi connectivity index (χ1n) is 10.4. The molecule has 0 radical (unpaired) electrons. The number of fused-ring (bicyclic) bond motifs is 2. The van der Waals surface area contributed by atoms with Gasteiger partial charge < -0.3 is 15.5 Å². The van der Waals surface area contributed by atoms with E-state index in [0.29, 0.717) is 18.0 Å². The van der Waals surface area contributed by atoms with Gasteiger partial charge in [0.1, 0.15) is 11.2 Å². The van der Waals surface area contributed by atoms with Crippen molar-refractivity contribution in [2.24, 2.45) is 5.92 Å². The first-order chi connectivity index (χ1) is 14.3. The molecule has 1 spiro atoms. The summed E-state index contributed by atoms with van der Waals surface area (Å²) in [5.74, 6) is -0.748. The third kappa shape index (κ3) is 3.01. The van der Waals surface area contributed by atoms with Gasteiger partial charge in [-0.15, -0.1) is 0 Å². The molecule has 0 aromatic heterocycles. The molecule has 0 aliphatic carbocycles. The van der Waals surface area contributed by atoms with E-state index in [-0.39, 0.29) is 17.9 Å². The Morgan fingerprint density at radius 3 is 2.50 bits per heavy atom. The van der Waals surface area contributed by atoms with Crippen molar-refractivity contribution in [1.29, 1.82) is 0 Å². The van der Waals surface area contributed by atoms with Gasteiger partial charge in [0.15, 0.2) is 0 Å². The highest BCUT2D eigenvalue weighted by atomic mass is 19.1. The van der Waals surface area contributed by atoms with Gasteiger partial charge in [0.05, 0.1) is 6.04 Å². The summed E-state index contributed by atoms with van der Waals surface area (Å²) in [5, 5.41) is 6.44. The van der Waals surface area contributed by atoms with Crippen LogP contribution in [0.2, 0.25) is 0 Å². The van der Waals surface area contributed by atoms with Gasteiger partial charge in [-0.1, -0.05) is 50.2 Å². The maximum atomic E-state index is 14.0. The molecule has 1 saturated heterocycles. The average molecular weight is 410 g/mol. The normalized spacial score (nSPS) is 27.4. The molecule has 2 N–H and O–H groups in total. The fourth-order valence-electron chi connectivity index (χ4n) is 5.24. The van der Waals surface area contributed by atoms with Crippen LogP contribution in [0.3, 0.4) is 0 Å². The molecule has 4 rings (SSSR count). The summed E-state index contributed by atoms with van der Waals surface area (Å²) in [5.41, 5.74) is 1.18. The Hall–Kier alpha value is -2.73. The van der Waals surface area contributed by atoms with Crippen LogP contribution in [-0.4, -0.2) is 42.9 Å². The molecule has 6 heteroatoms. The molecule has 4 atom stereocenters. The van der Waals surface area contributed by atoms with E-state index >= 15 is 0 Å². The first kappa shape index (κ1) is 20.5. The van der Waals surface area contributed by atoms with Crippen LogP contribution < -0.4 is 10.6 Å². The lowest BCUT2D eigenvalue weighted by Gasteiger charge is -2.36. The Morgan fingerprint density at radius 1 is 1.17 bits per heavy atom. The Labute approximate surface area is 176 Å². The minimum Gasteiger partial charge on any atom is -0.347 e. The maximum absolute atomic E-state index is 14.0.